The van der Waals surface area contributed by atoms with Gasteiger partial charge in [0.05, 0.1) is 29.6 Å². The molecule has 0 aromatic heterocycles. The topological polar surface area (TPSA) is 114 Å². The Labute approximate surface area is 199 Å². The Kier molecular flexibility index (Phi) is 6.54. The van der Waals surface area contributed by atoms with Gasteiger partial charge in [-0.3, -0.25) is 14.4 Å². The lowest BCUT2D eigenvalue weighted by atomic mass is 10.2. The van der Waals surface area contributed by atoms with Gasteiger partial charge in [0, 0.05) is 19.0 Å². The molecule has 2 N–H and O–H groups in total. The molecule has 0 saturated heterocycles. The summed E-state index contributed by atoms with van der Waals surface area (Å²) in [6, 6.07) is 8.45. The van der Waals surface area contributed by atoms with Crippen LogP contribution in [0.5, 0.6) is 5.75 Å². The highest BCUT2D eigenvalue weighted by molar-refractivity contribution is 7.92. The summed E-state index contributed by atoms with van der Waals surface area (Å²) in [5, 5.41) is 4.96. The zero-order valence-corrected chi connectivity index (χ0v) is 19.3. The van der Waals surface area contributed by atoms with Crippen molar-refractivity contribution in [3.05, 3.63) is 48.3 Å². The summed E-state index contributed by atoms with van der Waals surface area (Å²) in [4.78, 5) is 23.2. The number of carbonyl (C=O) groups is 2. The van der Waals surface area contributed by atoms with Crippen LogP contribution in [0.3, 0.4) is 0 Å². The summed E-state index contributed by atoms with van der Waals surface area (Å²) in [6.07, 6.45) is -2.04. The first kappa shape index (κ1) is 24.6. The number of halogens is 3. The standard InChI is InChI=1S/C22H22F3N3O6S/c1-13(29)26-10-17-11-28(35(31,32)18-5-2-15(23)3-6-18)19-8-16(4-7-20(19)34-17)27-21(30)33-12-14-9-22(14,24)25/h2-8,14,17H,9-12H2,1H3,(H,26,29)(H,27,30)/t14?,17-/m0/s1. The average Bonchev–Trinajstić information content (AvgIpc) is 3.42. The quantitative estimate of drug-likeness (QED) is 0.588. The van der Waals surface area contributed by atoms with Gasteiger partial charge in [-0.05, 0) is 42.5 Å². The first-order valence-electron chi connectivity index (χ1n) is 10.6. The molecule has 1 fully saturated rings. The normalized spacial score (nSPS) is 20.3. The minimum absolute atomic E-state index is 0.0301. The molecule has 1 aliphatic heterocycles. The fourth-order valence-corrected chi connectivity index (χ4v) is 4.99. The molecule has 1 aliphatic carbocycles. The van der Waals surface area contributed by atoms with E-state index < -0.39 is 46.5 Å². The highest BCUT2D eigenvalue weighted by atomic mass is 32.2. The number of benzene rings is 2. The largest absolute Gasteiger partial charge is 0.484 e. The van der Waals surface area contributed by atoms with Gasteiger partial charge in [0.15, 0.2) is 0 Å². The van der Waals surface area contributed by atoms with Crippen LogP contribution in [-0.4, -0.2) is 52.1 Å². The van der Waals surface area contributed by atoms with E-state index in [1.165, 1.54) is 25.1 Å². The number of anilines is 2. The van der Waals surface area contributed by atoms with Crippen LogP contribution < -0.4 is 19.7 Å². The number of carbonyl (C=O) groups excluding carboxylic acids is 2. The zero-order chi connectivity index (χ0) is 25.4. The number of fused-ring (bicyclic) bond motifs is 1. The Balaban J connectivity index is 1.58. The third-order valence-electron chi connectivity index (χ3n) is 5.49. The van der Waals surface area contributed by atoms with Crippen LogP contribution in [0, 0.1) is 11.7 Å². The number of amides is 2. The van der Waals surface area contributed by atoms with E-state index in [1.54, 1.807) is 0 Å². The Hall–Kier alpha value is -3.48. The molecule has 188 valence electrons. The maximum atomic E-state index is 13.4. The van der Waals surface area contributed by atoms with Gasteiger partial charge in [0.25, 0.3) is 15.9 Å². The van der Waals surface area contributed by atoms with E-state index >= 15 is 0 Å². The minimum atomic E-state index is -4.19. The lowest BCUT2D eigenvalue weighted by Gasteiger charge is -2.35. The first-order valence-corrected chi connectivity index (χ1v) is 12.0. The summed E-state index contributed by atoms with van der Waals surface area (Å²) >= 11 is 0. The fraction of sp³-hybridized carbons (Fsp3) is 0.364. The molecule has 0 bridgehead atoms. The molecule has 1 heterocycles. The van der Waals surface area contributed by atoms with Crippen LogP contribution in [0.2, 0.25) is 0 Å². The van der Waals surface area contributed by atoms with Crippen molar-refractivity contribution in [2.24, 2.45) is 5.92 Å². The molecule has 9 nitrogen and oxygen atoms in total. The van der Waals surface area contributed by atoms with Gasteiger partial charge in [-0.1, -0.05) is 0 Å². The van der Waals surface area contributed by atoms with Crippen molar-refractivity contribution in [2.75, 3.05) is 29.3 Å². The number of hydrogen-bond donors (Lipinski definition) is 2. The predicted octanol–water partition coefficient (Wildman–Crippen LogP) is 3.12. The lowest BCUT2D eigenvalue weighted by Crippen LogP contribution is -2.48. The summed E-state index contributed by atoms with van der Waals surface area (Å²) in [5.41, 5.74) is 0.222. The molecule has 1 saturated carbocycles. The molecular weight excluding hydrogens is 491 g/mol. The summed E-state index contributed by atoms with van der Waals surface area (Å²) in [6.45, 7) is 0.716. The highest BCUT2D eigenvalue weighted by Gasteiger charge is 2.57. The molecule has 2 aliphatic rings. The summed E-state index contributed by atoms with van der Waals surface area (Å²) in [5.74, 6) is -4.61. The van der Waals surface area contributed by atoms with Crippen molar-refractivity contribution in [1.29, 1.82) is 0 Å². The fourth-order valence-electron chi connectivity index (χ4n) is 3.50. The zero-order valence-electron chi connectivity index (χ0n) is 18.5. The Morgan fingerprint density at radius 3 is 2.51 bits per heavy atom. The Morgan fingerprint density at radius 2 is 1.89 bits per heavy atom. The smallest absolute Gasteiger partial charge is 0.411 e. The third kappa shape index (κ3) is 5.61. The molecule has 13 heteroatoms. The second-order valence-corrected chi connectivity index (χ2v) is 10.1. The van der Waals surface area contributed by atoms with Crippen LogP contribution >= 0.6 is 0 Å². The van der Waals surface area contributed by atoms with Gasteiger partial charge >= 0.3 is 6.09 Å². The van der Waals surface area contributed by atoms with Crippen molar-refractivity contribution < 1.29 is 40.7 Å². The van der Waals surface area contributed by atoms with E-state index in [0.717, 1.165) is 28.6 Å². The van der Waals surface area contributed by atoms with E-state index in [1.807, 2.05) is 0 Å². The van der Waals surface area contributed by atoms with Crippen molar-refractivity contribution in [1.82, 2.24) is 5.32 Å². The number of ether oxygens (including phenoxy) is 2. The number of hydrogen-bond acceptors (Lipinski definition) is 6. The molecule has 2 aromatic carbocycles. The first-order chi connectivity index (χ1) is 16.5. The van der Waals surface area contributed by atoms with Crippen molar-refractivity contribution in [2.45, 2.75) is 30.3 Å². The molecule has 4 rings (SSSR count). The molecule has 2 amide bonds. The SMILES string of the molecule is CC(=O)NC[C@H]1CN(S(=O)(=O)c2ccc(F)cc2)c2cc(NC(=O)OCC3CC3(F)F)ccc2O1. The minimum Gasteiger partial charge on any atom is -0.484 e. The van der Waals surface area contributed by atoms with Gasteiger partial charge in [-0.25, -0.2) is 26.4 Å². The number of nitrogens with one attached hydrogen (secondary N) is 2. The molecular formula is C22H22F3N3O6S. The van der Waals surface area contributed by atoms with Crippen LogP contribution in [0.25, 0.3) is 0 Å². The number of rotatable bonds is 7. The second kappa shape index (κ2) is 9.29. The molecule has 0 spiro atoms. The predicted molar refractivity (Wildman–Crippen MR) is 118 cm³/mol. The van der Waals surface area contributed by atoms with Gasteiger partial charge in [-0.2, -0.15) is 0 Å². The van der Waals surface area contributed by atoms with Gasteiger partial charge in [0.2, 0.25) is 5.91 Å². The summed E-state index contributed by atoms with van der Waals surface area (Å²) < 4.78 is 77.8. The number of nitrogens with zero attached hydrogens (tertiary/aromatic N) is 1. The van der Waals surface area contributed by atoms with Gasteiger partial charge in [0.1, 0.15) is 24.3 Å². The van der Waals surface area contributed by atoms with E-state index in [9.17, 15) is 31.2 Å². The molecule has 2 aromatic rings. The third-order valence-corrected chi connectivity index (χ3v) is 7.28. The van der Waals surface area contributed by atoms with Crippen molar-refractivity contribution in [3.8, 4) is 5.75 Å². The van der Waals surface area contributed by atoms with E-state index in [-0.39, 0.29) is 47.4 Å². The van der Waals surface area contributed by atoms with Crippen LogP contribution in [0.4, 0.5) is 29.3 Å². The molecule has 35 heavy (non-hydrogen) atoms. The van der Waals surface area contributed by atoms with Crippen molar-refractivity contribution in [3.63, 3.8) is 0 Å². The van der Waals surface area contributed by atoms with Gasteiger partial charge in [-0.15, -0.1) is 0 Å². The van der Waals surface area contributed by atoms with E-state index in [4.69, 9.17) is 9.47 Å². The monoisotopic (exact) mass is 513 g/mol. The van der Waals surface area contributed by atoms with Crippen molar-refractivity contribution >= 4 is 33.4 Å². The number of sulfonamides is 1. The highest BCUT2D eigenvalue weighted by Crippen LogP contribution is 2.48. The average molecular weight is 513 g/mol. The molecule has 1 unspecified atom stereocenters. The van der Waals surface area contributed by atoms with Crippen LogP contribution in [-0.2, 0) is 19.6 Å². The maximum Gasteiger partial charge on any atom is 0.411 e. The maximum absolute atomic E-state index is 13.4. The second-order valence-electron chi connectivity index (χ2n) is 8.24. The van der Waals surface area contributed by atoms with E-state index in [0.29, 0.717) is 0 Å². The molecule has 0 radical (unpaired) electrons. The van der Waals surface area contributed by atoms with Crippen LogP contribution in [0.15, 0.2) is 47.4 Å². The Morgan fingerprint density at radius 1 is 1.20 bits per heavy atom. The van der Waals surface area contributed by atoms with E-state index in [2.05, 4.69) is 10.6 Å². The van der Waals surface area contributed by atoms with Crippen LogP contribution in [0.1, 0.15) is 13.3 Å². The molecule has 2 atom stereocenters. The number of alkyl halides is 2. The summed E-state index contributed by atoms with van der Waals surface area (Å²) in [7, 11) is -4.19. The van der Waals surface area contributed by atoms with Gasteiger partial charge < -0.3 is 14.8 Å². The Bertz CT molecular complexity index is 1240. The lowest BCUT2D eigenvalue weighted by molar-refractivity contribution is -0.119.